The topological polar surface area (TPSA) is 88.2 Å². The zero-order valence-electron chi connectivity index (χ0n) is 9.76. The Labute approximate surface area is 104 Å². The highest BCUT2D eigenvalue weighted by molar-refractivity contribution is 5.52. The van der Waals surface area contributed by atoms with Crippen LogP contribution in [0.1, 0.15) is 18.4 Å². The average Bonchev–Trinajstić information content (AvgIpc) is 2.39. The Hall–Kier alpha value is -2.13. The number of piperidine rings is 1. The second kappa shape index (κ2) is 5.47. The van der Waals surface area contributed by atoms with Gasteiger partial charge in [-0.2, -0.15) is 5.26 Å². The summed E-state index contributed by atoms with van der Waals surface area (Å²) in [5.41, 5.74) is -0.159. The molecule has 0 amide bonds. The van der Waals surface area contributed by atoms with Gasteiger partial charge in [-0.05, 0) is 25.5 Å². The second-order valence-electron chi connectivity index (χ2n) is 4.13. The molecule has 0 aliphatic carbocycles. The van der Waals surface area contributed by atoms with Gasteiger partial charge in [-0.25, -0.2) is 0 Å². The van der Waals surface area contributed by atoms with Gasteiger partial charge in [0.15, 0.2) is 0 Å². The number of nitro benzene ring substituents is 1. The first-order valence-electron chi connectivity index (χ1n) is 5.76. The zero-order valence-corrected chi connectivity index (χ0v) is 9.76. The van der Waals surface area contributed by atoms with Crippen LogP contribution in [0.5, 0.6) is 5.75 Å². The number of nitrogens with one attached hydrogen (secondary N) is 1. The van der Waals surface area contributed by atoms with E-state index < -0.39 is 4.92 Å². The third-order valence-electron chi connectivity index (χ3n) is 2.84. The van der Waals surface area contributed by atoms with E-state index in [2.05, 4.69) is 5.32 Å². The minimum atomic E-state index is -0.565. The smallest absolute Gasteiger partial charge is 0.287 e. The summed E-state index contributed by atoms with van der Waals surface area (Å²) in [5.74, 6) is 0.505. The van der Waals surface area contributed by atoms with E-state index in [-0.39, 0.29) is 17.4 Å². The quantitative estimate of drug-likeness (QED) is 0.647. The number of hydrogen-bond donors (Lipinski definition) is 1. The van der Waals surface area contributed by atoms with Crippen LogP contribution in [0.2, 0.25) is 0 Å². The van der Waals surface area contributed by atoms with Crippen LogP contribution in [0.4, 0.5) is 5.69 Å². The van der Waals surface area contributed by atoms with Gasteiger partial charge < -0.3 is 10.1 Å². The van der Waals surface area contributed by atoms with Crippen molar-refractivity contribution in [1.82, 2.24) is 5.32 Å². The van der Waals surface area contributed by atoms with Crippen molar-refractivity contribution in [3.63, 3.8) is 0 Å². The van der Waals surface area contributed by atoms with Crippen LogP contribution in [0.25, 0.3) is 0 Å². The van der Waals surface area contributed by atoms with Crippen molar-refractivity contribution in [1.29, 1.82) is 5.26 Å². The predicted octanol–water partition coefficient (Wildman–Crippen LogP) is 1.60. The molecule has 1 saturated heterocycles. The molecule has 0 aromatic heterocycles. The molecule has 0 spiro atoms. The molecule has 1 N–H and O–H groups in total. The zero-order chi connectivity index (χ0) is 13.0. The van der Waals surface area contributed by atoms with E-state index in [0.717, 1.165) is 25.9 Å². The van der Waals surface area contributed by atoms with Crippen molar-refractivity contribution in [2.24, 2.45) is 0 Å². The van der Waals surface area contributed by atoms with Gasteiger partial charge in [0.05, 0.1) is 4.92 Å². The Bertz CT molecular complexity index is 490. The van der Waals surface area contributed by atoms with Gasteiger partial charge in [0, 0.05) is 18.7 Å². The summed E-state index contributed by atoms with van der Waals surface area (Å²) in [7, 11) is 0. The predicted molar refractivity (Wildman–Crippen MR) is 64.3 cm³/mol. The molecule has 1 aliphatic rings. The summed E-state index contributed by atoms with van der Waals surface area (Å²) in [6.45, 7) is 1.75. The van der Waals surface area contributed by atoms with Gasteiger partial charge in [-0.15, -0.1) is 0 Å². The van der Waals surface area contributed by atoms with Crippen LogP contribution in [0.15, 0.2) is 18.2 Å². The first-order chi connectivity index (χ1) is 8.70. The Morgan fingerprint density at radius 2 is 2.39 bits per heavy atom. The molecule has 0 bridgehead atoms. The lowest BCUT2D eigenvalue weighted by atomic mass is 10.1. The lowest BCUT2D eigenvalue weighted by molar-refractivity contribution is -0.385. The van der Waals surface area contributed by atoms with Crippen molar-refractivity contribution in [3.8, 4) is 11.8 Å². The highest BCUT2D eigenvalue weighted by Crippen LogP contribution is 2.24. The molecule has 1 unspecified atom stereocenters. The van der Waals surface area contributed by atoms with E-state index in [1.165, 1.54) is 18.2 Å². The molecule has 1 aliphatic heterocycles. The maximum Gasteiger partial charge on any atom is 0.287 e. The Kier molecular flexibility index (Phi) is 3.75. The van der Waals surface area contributed by atoms with Crippen molar-refractivity contribution < 1.29 is 9.66 Å². The van der Waals surface area contributed by atoms with Crippen molar-refractivity contribution in [3.05, 3.63) is 33.9 Å². The molecule has 1 fully saturated rings. The molecule has 0 radical (unpaired) electrons. The Morgan fingerprint density at radius 3 is 3.00 bits per heavy atom. The molecule has 2 rings (SSSR count). The van der Waals surface area contributed by atoms with E-state index in [1.54, 1.807) is 0 Å². The maximum absolute atomic E-state index is 10.7. The first kappa shape index (κ1) is 12.3. The number of nitro groups is 1. The van der Waals surface area contributed by atoms with Crippen molar-refractivity contribution >= 4 is 5.69 Å². The second-order valence-corrected chi connectivity index (χ2v) is 4.13. The number of hydrogen-bond acceptors (Lipinski definition) is 5. The van der Waals surface area contributed by atoms with Gasteiger partial charge in [0.2, 0.25) is 0 Å². The Balaban J connectivity index is 2.14. The number of rotatable bonds is 3. The van der Waals surface area contributed by atoms with Gasteiger partial charge in [-0.3, -0.25) is 10.1 Å². The highest BCUT2D eigenvalue weighted by Gasteiger charge is 2.18. The molecule has 6 nitrogen and oxygen atoms in total. The summed E-state index contributed by atoms with van der Waals surface area (Å²) in [6.07, 6.45) is 2.06. The minimum Gasteiger partial charge on any atom is -0.489 e. The summed E-state index contributed by atoms with van der Waals surface area (Å²) in [5, 5.41) is 22.8. The van der Waals surface area contributed by atoms with Crippen LogP contribution < -0.4 is 10.1 Å². The summed E-state index contributed by atoms with van der Waals surface area (Å²) >= 11 is 0. The standard InChI is InChI=1S/C12H13N3O3/c13-7-9-6-10(3-4-12(9)15(16)17)18-11-2-1-5-14-8-11/h3-4,6,11,14H,1-2,5,8H2. The molecule has 0 saturated carbocycles. The van der Waals surface area contributed by atoms with Crippen LogP contribution in [-0.2, 0) is 0 Å². The monoisotopic (exact) mass is 247 g/mol. The molecule has 1 atom stereocenters. The Morgan fingerprint density at radius 1 is 1.56 bits per heavy atom. The van der Waals surface area contributed by atoms with E-state index >= 15 is 0 Å². The fourth-order valence-electron chi connectivity index (χ4n) is 1.95. The minimum absolute atomic E-state index is 0.0290. The van der Waals surface area contributed by atoms with E-state index in [0.29, 0.717) is 5.75 Å². The fraction of sp³-hybridized carbons (Fsp3) is 0.417. The highest BCUT2D eigenvalue weighted by atomic mass is 16.6. The number of ether oxygens (including phenoxy) is 1. The molecule has 1 aromatic rings. The van der Waals surface area contributed by atoms with Crippen LogP contribution in [0, 0.1) is 21.4 Å². The van der Waals surface area contributed by atoms with Crippen molar-refractivity contribution in [2.75, 3.05) is 13.1 Å². The molecule has 1 aromatic carbocycles. The third-order valence-corrected chi connectivity index (χ3v) is 2.84. The average molecular weight is 247 g/mol. The van der Waals surface area contributed by atoms with E-state index in [1.807, 2.05) is 6.07 Å². The number of nitriles is 1. The van der Waals surface area contributed by atoms with Gasteiger partial charge in [0.1, 0.15) is 23.5 Å². The van der Waals surface area contributed by atoms with Crippen molar-refractivity contribution in [2.45, 2.75) is 18.9 Å². The summed E-state index contributed by atoms with van der Waals surface area (Å²) in [6, 6.07) is 6.09. The lowest BCUT2D eigenvalue weighted by Gasteiger charge is -2.23. The van der Waals surface area contributed by atoms with E-state index in [4.69, 9.17) is 10.00 Å². The molecular formula is C12H13N3O3. The normalized spacial score (nSPS) is 18.9. The summed E-state index contributed by atoms with van der Waals surface area (Å²) in [4.78, 5) is 10.1. The van der Waals surface area contributed by atoms with Gasteiger partial charge in [0.25, 0.3) is 5.69 Å². The maximum atomic E-state index is 10.7. The molecule has 18 heavy (non-hydrogen) atoms. The molecular weight excluding hydrogens is 234 g/mol. The number of nitrogens with zero attached hydrogens (tertiary/aromatic N) is 2. The van der Waals surface area contributed by atoms with Crippen LogP contribution in [0.3, 0.4) is 0 Å². The fourth-order valence-corrected chi connectivity index (χ4v) is 1.95. The largest absolute Gasteiger partial charge is 0.489 e. The number of benzene rings is 1. The molecule has 94 valence electrons. The SMILES string of the molecule is N#Cc1cc(OC2CCCNC2)ccc1[N+](=O)[O-]. The van der Waals surface area contributed by atoms with Crippen LogP contribution >= 0.6 is 0 Å². The molecule has 1 heterocycles. The van der Waals surface area contributed by atoms with Crippen LogP contribution in [-0.4, -0.2) is 24.1 Å². The molecule has 6 heteroatoms. The van der Waals surface area contributed by atoms with Gasteiger partial charge >= 0.3 is 0 Å². The lowest BCUT2D eigenvalue weighted by Crippen LogP contribution is -2.37. The first-order valence-corrected chi connectivity index (χ1v) is 5.76. The van der Waals surface area contributed by atoms with E-state index in [9.17, 15) is 10.1 Å². The third kappa shape index (κ3) is 2.76. The summed E-state index contributed by atoms with van der Waals surface area (Å²) < 4.78 is 5.70. The van der Waals surface area contributed by atoms with Gasteiger partial charge in [-0.1, -0.05) is 0 Å².